The second kappa shape index (κ2) is 5.94. The number of benzene rings is 1. The largest absolute Gasteiger partial charge is 0.378 e. The highest BCUT2D eigenvalue weighted by Crippen LogP contribution is 2.29. The first-order valence-corrected chi connectivity index (χ1v) is 8.39. The van der Waals surface area contributed by atoms with Gasteiger partial charge in [-0.3, -0.25) is 9.59 Å². The zero-order valence-electron chi connectivity index (χ0n) is 13.8. The lowest BCUT2D eigenvalue weighted by molar-refractivity contribution is -0.129. The Morgan fingerprint density at radius 3 is 2.67 bits per heavy atom. The lowest BCUT2D eigenvalue weighted by Crippen LogP contribution is -2.40. The van der Waals surface area contributed by atoms with E-state index in [1.165, 1.54) is 5.69 Å². The van der Waals surface area contributed by atoms with E-state index in [9.17, 15) is 9.59 Å². The molecule has 0 unspecified atom stereocenters. The summed E-state index contributed by atoms with van der Waals surface area (Å²) in [6.07, 6.45) is 0.830. The van der Waals surface area contributed by atoms with Gasteiger partial charge in [-0.15, -0.1) is 0 Å². The van der Waals surface area contributed by atoms with E-state index < -0.39 is 0 Å². The molecule has 4 rings (SSSR count). The van der Waals surface area contributed by atoms with E-state index in [1.54, 1.807) is 6.92 Å². The van der Waals surface area contributed by atoms with Gasteiger partial charge in [0.25, 0.3) is 5.91 Å². The Morgan fingerprint density at radius 1 is 1.12 bits per heavy atom. The van der Waals surface area contributed by atoms with Crippen LogP contribution in [0.3, 0.4) is 0 Å². The quantitative estimate of drug-likeness (QED) is 0.864. The zero-order valence-corrected chi connectivity index (χ0v) is 13.8. The number of ether oxygens (including phenoxy) is 1. The zero-order chi connectivity index (χ0) is 16.7. The van der Waals surface area contributed by atoms with Gasteiger partial charge in [0.15, 0.2) is 0 Å². The molecule has 1 saturated heterocycles. The summed E-state index contributed by atoms with van der Waals surface area (Å²) < 4.78 is 5.32. The molecule has 0 bridgehead atoms. The highest BCUT2D eigenvalue weighted by molar-refractivity contribution is 5.99. The third-order valence-electron chi connectivity index (χ3n) is 4.97. The number of fused-ring (bicyclic) bond motifs is 3. The Labute approximate surface area is 140 Å². The number of amides is 2. The summed E-state index contributed by atoms with van der Waals surface area (Å²) in [7, 11) is 0. The lowest BCUT2D eigenvalue weighted by Gasteiger charge is -2.27. The van der Waals surface area contributed by atoms with Crippen LogP contribution in [0.1, 0.15) is 28.5 Å². The SMILES string of the molecule is CC(=O)N1CCc2[nH]c3ccc(C(=O)N4CCOCC4)cc3c2C1. The van der Waals surface area contributed by atoms with Gasteiger partial charge < -0.3 is 19.5 Å². The van der Waals surface area contributed by atoms with Crippen molar-refractivity contribution in [2.24, 2.45) is 0 Å². The molecular formula is C18H21N3O3. The monoisotopic (exact) mass is 327 g/mol. The topological polar surface area (TPSA) is 65.6 Å². The van der Waals surface area contributed by atoms with Crippen molar-refractivity contribution in [3.8, 4) is 0 Å². The predicted molar refractivity (Wildman–Crippen MR) is 89.8 cm³/mol. The number of morpholine rings is 1. The van der Waals surface area contributed by atoms with Gasteiger partial charge >= 0.3 is 0 Å². The molecule has 2 amide bonds. The van der Waals surface area contributed by atoms with Crippen molar-refractivity contribution in [1.82, 2.24) is 14.8 Å². The van der Waals surface area contributed by atoms with Gasteiger partial charge in [0.1, 0.15) is 0 Å². The molecule has 6 nitrogen and oxygen atoms in total. The van der Waals surface area contributed by atoms with Crippen molar-refractivity contribution in [2.45, 2.75) is 19.9 Å². The fourth-order valence-corrected chi connectivity index (χ4v) is 3.56. The van der Waals surface area contributed by atoms with Crippen molar-refractivity contribution >= 4 is 22.7 Å². The van der Waals surface area contributed by atoms with Gasteiger partial charge in [-0.1, -0.05) is 0 Å². The first kappa shape index (κ1) is 15.2. The molecule has 2 aromatic rings. The molecule has 24 heavy (non-hydrogen) atoms. The highest BCUT2D eigenvalue weighted by Gasteiger charge is 2.24. The lowest BCUT2D eigenvalue weighted by atomic mass is 10.0. The summed E-state index contributed by atoms with van der Waals surface area (Å²) in [6, 6.07) is 5.82. The summed E-state index contributed by atoms with van der Waals surface area (Å²) in [6.45, 7) is 5.44. The van der Waals surface area contributed by atoms with Crippen LogP contribution in [0, 0.1) is 0 Å². The molecule has 2 aliphatic heterocycles. The number of carbonyl (C=O) groups is 2. The Balaban J connectivity index is 1.69. The molecule has 0 radical (unpaired) electrons. The summed E-state index contributed by atoms with van der Waals surface area (Å²) in [5.74, 6) is 0.143. The molecule has 1 aromatic carbocycles. The highest BCUT2D eigenvalue weighted by atomic mass is 16.5. The van der Waals surface area contributed by atoms with Gasteiger partial charge in [0.05, 0.1) is 13.2 Å². The molecule has 1 fully saturated rings. The van der Waals surface area contributed by atoms with E-state index in [0.717, 1.165) is 29.4 Å². The minimum Gasteiger partial charge on any atom is -0.378 e. The summed E-state index contributed by atoms with van der Waals surface area (Å²) >= 11 is 0. The fourth-order valence-electron chi connectivity index (χ4n) is 3.56. The van der Waals surface area contributed by atoms with Crippen LogP contribution in [-0.4, -0.2) is 59.4 Å². The number of nitrogens with zero attached hydrogens (tertiary/aromatic N) is 2. The van der Waals surface area contributed by atoms with Gasteiger partial charge in [0, 0.05) is 67.2 Å². The average molecular weight is 327 g/mol. The Kier molecular flexibility index (Phi) is 3.76. The molecule has 3 heterocycles. The van der Waals surface area contributed by atoms with E-state index in [2.05, 4.69) is 4.98 Å². The predicted octanol–water partition coefficient (Wildman–Crippen LogP) is 1.54. The molecule has 2 aliphatic rings. The van der Waals surface area contributed by atoms with Crippen LogP contribution in [0.15, 0.2) is 18.2 Å². The average Bonchev–Trinajstić information content (AvgIpc) is 2.98. The van der Waals surface area contributed by atoms with Gasteiger partial charge in [-0.25, -0.2) is 0 Å². The summed E-state index contributed by atoms with van der Waals surface area (Å²) in [5, 5.41) is 1.05. The normalized spacial score (nSPS) is 17.9. The third kappa shape index (κ3) is 2.57. The first-order valence-electron chi connectivity index (χ1n) is 8.39. The number of nitrogens with one attached hydrogen (secondary N) is 1. The Morgan fingerprint density at radius 2 is 1.92 bits per heavy atom. The van der Waals surface area contributed by atoms with E-state index in [4.69, 9.17) is 4.74 Å². The van der Waals surface area contributed by atoms with Gasteiger partial charge in [-0.05, 0) is 18.2 Å². The van der Waals surface area contributed by atoms with Gasteiger partial charge in [-0.2, -0.15) is 0 Å². The smallest absolute Gasteiger partial charge is 0.254 e. The third-order valence-corrected chi connectivity index (χ3v) is 4.97. The molecule has 1 aromatic heterocycles. The van der Waals surface area contributed by atoms with E-state index in [-0.39, 0.29) is 11.8 Å². The van der Waals surface area contributed by atoms with Crippen LogP contribution >= 0.6 is 0 Å². The summed E-state index contributed by atoms with van der Waals surface area (Å²) in [4.78, 5) is 31.5. The molecule has 6 heteroatoms. The number of carbonyl (C=O) groups excluding carboxylic acids is 2. The van der Waals surface area contributed by atoms with E-state index in [0.29, 0.717) is 38.4 Å². The minimum absolute atomic E-state index is 0.0504. The summed E-state index contributed by atoms with van der Waals surface area (Å²) in [5.41, 5.74) is 4.05. The van der Waals surface area contributed by atoms with Crippen molar-refractivity contribution in [3.05, 3.63) is 35.0 Å². The van der Waals surface area contributed by atoms with E-state index in [1.807, 2.05) is 28.0 Å². The van der Waals surface area contributed by atoms with Gasteiger partial charge in [0.2, 0.25) is 5.91 Å². The number of hydrogen-bond acceptors (Lipinski definition) is 3. The molecule has 126 valence electrons. The van der Waals surface area contributed by atoms with Crippen LogP contribution in [0.25, 0.3) is 10.9 Å². The van der Waals surface area contributed by atoms with Crippen LogP contribution in [-0.2, 0) is 22.5 Å². The molecule has 0 aliphatic carbocycles. The van der Waals surface area contributed by atoms with E-state index >= 15 is 0 Å². The molecule has 1 N–H and O–H groups in total. The number of rotatable bonds is 1. The number of hydrogen-bond donors (Lipinski definition) is 1. The number of aromatic amines is 1. The standard InChI is InChI=1S/C18H21N3O3/c1-12(22)21-5-4-17-15(11-21)14-10-13(2-3-16(14)19-17)18(23)20-6-8-24-9-7-20/h2-3,10,19H,4-9,11H2,1H3. The van der Waals surface area contributed by atoms with Crippen molar-refractivity contribution < 1.29 is 14.3 Å². The first-order chi connectivity index (χ1) is 11.6. The minimum atomic E-state index is 0.0504. The Hall–Kier alpha value is -2.34. The Bertz CT molecular complexity index is 805. The van der Waals surface area contributed by atoms with Crippen LogP contribution in [0.5, 0.6) is 0 Å². The second-order valence-electron chi connectivity index (χ2n) is 6.44. The number of aromatic nitrogens is 1. The van der Waals surface area contributed by atoms with Crippen LogP contribution in [0.2, 0.25) is 0 Å². The molecule has 0 spiro atoms. The maximum absolute atomic E-state index is 12.7. The van der Waals surface area contributed by atoms with Crippen molar-refractivity contribution in [3.63, 3.8) is 0 Å². The fraction of sp³-hybridized carbons (Fsp3) is 0.444. The van der Waals surface area contributed by atoms with Crippen LogP contribution in [0.4, 0.5) is 0 Å². The molecule has 0 atom stereocenters. The molecule has 0 saturated carbocycles. The second-order valence-corrected chi connectivity index (χ2v) is 6.44. The van der Waals surface area contributed by atoms with Crippen molar-refractivity contribution in [1.29, 1.82) is 0 Å². The number of H-pyrrole nitrogens is 1. The molecular weight excluding hydrogens is 306 g/mol. The van der Waals surface area contributed by atoms with Crippen molar-refractivity contribution in [2.75, 3.05) is 32.8 Å². The maximum Gasteiger partial charge on any atom is 0.254 e. The maximum atomic E-state index is 12.7. The van der Waals surface area contributed by atoms with Crippen LogP contribution < -0.4 is 0 Å².